The highest BCUT2D eigenvalue weighted by Gasteiger charge is 2.05. The highest BCUT2D eigenvalue weighted by molar-refractivity contribution is 7.98. The van der Waals surface area contributed by atoms with E-state index in [0.29, 0.717) is 0 Å². The Morgan fingerprint density at radius 3 is 2.82 bits per heavy atom. The zero-order valence-electron chi connectivity index (χ0n) is 10.2. The number of hydrogen-bond donors (Lipinski definition) is 2. The van der Waals surface area contributed by atoms with E-state index in [9.17, 15) is 0 Å². The SMILES string of the molecule is CCNC(CO)CCSCc1ccccc1Cl. The van der Waals surface area contributed by atoms with Gasteiger partial charge in [-0.05, 0) is 30.3 Å². The molecule has 96 valence electrons. The van der Waals surface area contributed by atoms with Crippen LogP contribution in [-0.2, 0) is 5.75 Å². The van der Waals surface area contributed by atoms with Gasteiger partial charge in [-0.1, -0.05) is 36.7 Å². The van der Waals surface area contributed by atoms with Crippen molar-refractivity contribution in [1.82, 2.24) is 5.32 Å². The lowest BCUT2D eigenvalue weighted by Gasteiger charge is -2.14. The van der Waals surface area contributed by atoms with Crippen LogP contribution in [0.3, 0.4) is 0 Å². The molecule has 0 aliphatic rings. The van der Waals surface area contributed by atoms with E-state index >= 15 is 0 Å². The Balaban J connectivity index is 2.22. The van der Waals surface area contributed by atoms with Crippen molar-refractivity contribution in [2.75, 3.05) is 18.9 Å². The third kappa shape index (κ3) is 5.77. The van der Waals surface area contributed by atoms with Crippen molar-refractivity contribution in [2.24, 2.45) is 0 Å². The molecule has 1 unspecified atom stereocenters. The van der Waals surface area contributed by atoms with Crippen molar-refractivity contribution in [3.63, 3.8) is 0 Å². The fraction of sp³-hybridized carbons (Fsp3) is 0.538. The molecule has 0 fully saturated rings. The average Bonchev–Trinajstić information content (AvgIpc) is 2.35. The van der Waals surface area contributed by atoms with Crippen LogP contribution >= 0.6 is 23.4 Å². The monoisotopic (exact) mass is 273 g/mol. The summed E-state index contributed by atoms with van der Waals surface area (Å²) in [7, 11) is 0. The van der Waals surface area contributed by atoms with E-state index in [0.717, 1.165) is 29.5 Å². The van der Waals surface area contributed by atoms with Gasteiger partial charge in [-0.15, -0.1) is 0 Å². The van der Waals surface area contributed by atoms with Gasteiger partial charge in [0.25, 0.3) is 0 Å². The number of benzene rings is 1. The van der Waals surface area contributed by atoms with E-state index < -0.39 is 0 Å². The molecule has 0 radical (unpaired) electrons. The topological polar surface area (TPSA) is 32.3 Å². The molecular formula is C13H20ClNOS. The Labute approximate surface area is 113 Å². The maximum absolute atomic E-state index is 9.12. The Bertz CT molecular complexity index is 322. The number of nitrogens with one attached hydrogen (secondary N) is 1. The largest absolute Gasteiger partial charge is 0.395 e. The van der Waals surface area contributed by atoms with Gasteiger partial charge in [0, 0.05) is 16.8 Å². The minimum absolute atomic E-state index is 0.209. The van der Waals surface area contributed by atoms with Crippen molar-refractivity contribution < 1.29 is 5.11 Å². The van der Waals surface area contributed by atoms with E-state index in [4.69, 9.17) is 16.7 Å². The van der Waals surface area contributed by atoms with Crippen LogP contribution in [0.2, 0.25) is 5.02 Å². The predicted molar refractivity (Wildman–Crippen MR) is 76.8 cm³/mol. The lowest BCUT2D eigenvalue weighted by Crippen LogP contribution is -2.32. The summed E-state index contributed by atoms with van der Waals surface area (Å²) in [4.78, 5) is 0. The van der Waals surface area contributed by atoms with Crippen LogP contribution in [0.25, 0.3) is 0 Å². The van der Waals surface area contributed by atoms with Crippen LogP contribution in [0, 0.1) is 0 Å². The normalized spacial score (nSPS) is 12.6. The summed E-state index contributed by atoms with van der Waals surface area (Å²) in [6.45, 7) is 3.17. The molecule has 17 heavy (non-hydrogen) atoms. The maximum atomic E-state index is 9.12. The van der Waals surface area contributed by atoms with Gasteiger partial charge in [0.15, 0.2) is 0 Å². The molecule has 0 saturated heterocycles. The predicted octanol–water partition coefficient (Wildman–Crippen LogP) is 2.93. The van der Waals surface area contributed by atoms with Crippen LogP contribution < -0.4 is 5.32 Å². The lowest BCUT2D eigenvalue weighted by molar-refractivity contribution is 0.242. The Morgan fingerprint density at radius 1 is 1.41 bits per heavy atom. The number of rotatable bonds is 8. The van der Waals surface area contributed by atoms with E-state index in [1.807, 2.05) is 30.0 Å². The van der Waals surface area contributed by atoms with Crippen LogP contribution in [0.5, 0.6) is 0 Å². The van der Waals surface area contributed by atoms with Gasteiger partial charge in [0.05, 0.1) is 6.61 Å². The van der Waals surface area contributed by atoms with E-state index in [1.54, 1.807) is 0 Å². The van der Waals surface area contributed by atoms with Crippen molar-refractivity contribution in [1.29, 1.82) is 0 Å². The Kier molecular flexibility index (Phi) is 7.69. The van der Waals surface area contributed by atoms with E-state index in [2.05, 4.69) is 18.3 Å². The fourth-order valence-corrected chi connectivity index (χ4v) is 2.92. The second-order valence-corrected chi connectivity index (χ2v) is 5.38. The van der Waals surface area contributed by atoms with Crippen LogP contribution in [0.1, 0.15) is 18.9 Å². The minimum atomic E-state index is 0.209. The molecule has 0 bridgehead atoms. The third-order valence-corrected chi connectivity index (χ3v) is 3.95. The van der Waals surface area contributed by atoms with Crippen molar-refractivity contribution >= 4 is 23.4 Å². The Morgan fingerprint density at radius 2 is 2.18 bits per heavy atom. The molecule has 4 heteroatoms. The summed E-state index contributed by atoms with van der Waals surface area (Å²) in [5, 5.41) is 13.2. The molecule has 1 atom stereocenters. The molecule has 0 heterocycles. The molecule has 0 saturated carbocycles. The summed E-state index contributed by atoms with van der Waals surface area (Å²) in [6.07, 6.45) is 0.986. The van der Waals surface area contributed by atoms with E-state index in [1.165, 1.54) is 5.56 Å². The molecule has 0 aliphatic heterocycles. The molecule has 0 amide bonds. The second-order valence-electron chi connectivity index (χ2n) is 3.87. The van der Waals surface area contributed by atoms with Crippen LogP contribution in [0.4, 0.5) is 0 Å². The summed E-state index contributed by atoms with van der Waals surface area (Å²) in [6, 6.07) is 8.16. The molecule has 0 aliphatic carbocycles. The number of hydrogen-bond acceptors (Lipinski definition) is 3. The first-order chi connectivity index (χ1) is 8.27. The summed E-state index contributed by atoms with van der Waals surface area (Å²) in [5.74, 6) is 1.97. The van der Waals surface area contributed by atoms with Gasteiger partial charge in [-0.2, -0.15) is 11.8 Å². The van der Waals surface area contributed by atoms with Crippen molar-refractivity contribution in [3.8, 4) is 0 Å². The van der Waals surface area contributed by atoms with Crippen molar-refractivity contribution in [2.45, 2.75) is 25.1 Å². The molecule has 1 aromatic rings. The lowest BCUT2D eigenvalue weighted by atomic mass is 10.2. The van der Waals surface area contributed by atoms with Crippen LogP contribution in [0.15, 0.2) is 24.3 Å². The first-order valence-corrected chi connectivity index (χ1v) is 7.46. The first-order valence-electron chi connectivity index (χ1n) is 5.93. The van der Waals surface area contributed by atoms with Gasteiger partial charge in [0.2, 0.25) is 0 Å². The maximum Gasteiger partial charge on any atom is 0.0584 e. The smallest absolute Gasteiger partial charge is 0.0584 e. The van der Waals surface area contributed by atoms with Gasteiger partial charge in [0.1, 0.15) is 0 Å². The molecule has 2 nitrogen and oxygen atoms in total. The number of aliphatic hydroxyl groups excluding tert-OH is 1. The van der Waals surface area contributed by atoms with Gasteiger partial charge < -0.3 is 10.4 Å². The number of aliphatic hydroxyl groups is 1. The van der Waals surface area contributed by atoms with Gasteiger partial charge in [-0.25, -0.2) is 0 Å². The summed E-state index contributed by atoms with van der Waals surface area (Å²) in [5.41, 5.74) is 1.18. The van der Waals surface area contributed by atoms with Gasteiger partial charge >= 0.3 is 0 Å². The molecule has 1 aromatic carbocycles. The van der Waals surface area contributed by atoms with E-state index in [-0.39, 0.29) is 12.6 Å². The zero-order valence-corrected chi connectivity index (χ0v) is 11.7. The molecule has 2 N–H and O–H groups in total. The highest BCUT2D eigenvalue weighted by Crippen LogP contribution is 2.21. The van der Waals surface area contributed by atoms with Crippen LogP contribution in [-0.4, -0.2) is 30.1 Å². The second kappa shape index (κ2) is 8.81. The average molecular weight is 274 g/mol. The quantitative estimate of drug-likeness (QED) is 0.715. The zero-order chi connectivity index (χ0) is 12.5. The van der Waals surface area contributed by atoms with Crippen molar-refractivity contribution in [3.05, 3.63) is 34.9 Å². The van der Waals surface area contributed by atoms with Gasteiger partial charge in [-0.3, -0.25) is 0 Å². The molecule has 0 spiro atoms. The summed E-state index contributed by atoms with van der Waals surface area (Å²) < 4.78 is 0. The fourth-order valence-electron chi connectivity index (χ4n) is 1.57. The summed E-state index contributed by atoms with van der Waals surface area (Å²) >= 11 is 7.93. The first kappa shape index (κ1) is 14.8. The Hall–Kier alpha value is -0.220. The molecule has 0 aromatic heterocycles. The number of halogens is 1. The standard InChI is InChI=1S/C13H20ClNOS/c1-2-15-12(9-16)7-8-17-10-11-5-3-4-6-13(11)14/h3-6,12,15-16H,2,7-10H2,1H3. The third-order valence-electron chi connectivity index (χ3n) is 2.54. The minimum Gasteiger partial charge on any atom is -0.395 e. The highest BCUT2D eigenvalue weighted by atomic mass is 35.5. The molecule has 1 rings (SSSR count). The number of likely N-dealkylation sites (N-methyl/N-ethyl adjacent to an activating group) is 1. The molecular weight excluding hydrogens is 254 g/mol. The number of thioether (sulfide) groups is 1.